The van der Waals surface area contributed by atoms with Crippen molar-refractivity contribution >= 4 is 15.9 Å². The number of hydrogen-bond donors (Lipinski definition) is 1. The monoisotopic (exact) mass is 336 g/mol. The average Bonchev–Trinajstić information content (AvgIpc) is 2.40. The first-order valence-electron chi connectivity index (χ1n) is 6.12. The predicted octanol–water partition coefficient (Wildman–Crippen LogP) is 3.11. The van der Waals surface area contributed by atoms with Crippen LogP contribution in [0.4, 0.5) is 4.39 Å². The van der Waals surface area contributed by atoms with Gasteiger partial charge in [-0.25, -0.2) is 0 Å². The van der Waals surface area contributed by atoms with Gasteiger partial charge < -0.3 is 19.3 Å². The van der Waals surface area contributed by atoms with Crippen LogP contribution in [0.15, 0.2) is 16.6 Å². The van der Waals surface area contributed by atoms with Gasteiger partial charge in [-0.15, -0.1) is 0 Å². The second kappa shape index (κ2) is 9.12. The van der Waals surface area contributed by atoms with Gasteiger partial charge in [-0.05, 0) is 34.5 Å². The first-order chi connectivity index (χ1) is 9.20. The molecule has 108 valence electrons. The van der Waals surface area contributed by atoms with E-state index in [2.05, 4.69) is 15.9 Å². The van der Waals surface area contributed by atoms with Gasteiger partial charge in [0, 0.05) is 0 Å². The predicted molar refractivity (Wildman–Crippen MR) is 73.0 cm³/mol. The Morgan fingerprint density at radius 3 is 2.74 bits per heavy atom. The van der Waals surface area contributed by atoms with Crippen LogP contribution in [0.25, 0.3) is 0 Å². The maximum atomic E-state index is 14.1. The molecule has 0 saturated carbocycles. The van der Waals surface area contributed by atoms with Crippen molar-refractivity contribution in [2.45, 2.75) is 19.8 Å². The molecular weight excluding hydrogens is 319 g/mol. The molecule has 1 aromatic carbocycles. The molecule has 0 aliphatic heterocycles. The minimum absolute atomic E-state index is 0.0481. The summed E-state index contributed by atoms with van der Waals surface area (Å²) < 4.78 is 30.0. The summed E-state index contributed by atoms with van der Waals surface area (Å²) in [7, 11) is 0. The molecule has 6 heteroatoms. The molecule has 0 aromatic heterocycles. The average molecular weight is 337 g/mol. The fourth-order valence-corrected chi connectivity index (χ4v) is 1.73. The van der Waals surface area contributed by atoms with E-state index in [1.54, 1.807) is 12.1 Å². The third kappa shape index (κ3) is 5.34. The van der Waals surface area contributed by atoms with Gasteiger partial charge in [0.1, 0.15) is 0 Å². The van der Waals surface area contributed by atoms with Crippen LogP contribution in [0.2, 0.25) is 0 Å². The maximum Gasteiger partial charge on any atom is 0.208 e. The molecule has 0 unspecified atom stereocenters. The molecule has 0 heterocycles. The van der Waals surface area contributed by atoms with E-state index in [9.17, 15) is 4.39 Å². The Morgan fingerprint density at radius 2 is 2.05 bits per heavy atom. The lowest BCUT2D eigenvalue weighted by Crippen LogP contribution is -2.08. The van der Waals surface area contributed by atoms with E-state index in [0.29, 0.717) is 11.1 Å². The third-order valence-corrected chi connectivity index (χ3v) is 2.92. The van der Waals surface area contributed by atoms with Crippen molar-refractivity contribution in [1.29, 1.82) is 0 Å². The number of unbranched alkanes of at least 4 members (excludes halogenated alkanes) is 1. The Bertz CT molecular complexity index is 387. The minimum Gasteiger partial charge on any atom is -0.490 e. The van der Waals surface area contributed by atoms with Gasteiger partial charge in [0.2, 0.25) is 5.82 Å². The van der Waals surface area contributed by atoms with Crippen molar-refractivity contribution in [3.63, 3.8) is 0 Å². The number of aliphatic hydroxyl groups excluding tert-OH is 1. The van der Waals surface area contributed by atoms with Crippen molar-refractivity contribution in [2.24, 2.45) is 0 Å². The third-order valence-electron chi connectivity index (χ3n) is 2.29. The summed E-state index contributed by atoms with van der Waals surface area (Å²) in [5.41, 5.74) is 0. The number of hydrogen-bond acceptors (Lipinski definition) is 4. The molecule has 19 heavy (non-hydrogen) atoms. The van der Waals surface area contributed by atoms with E-state index >= 15 is 0 Å². The van der Waals surface area contributed by atoms with Crippen molar-refractivity contribution in [3.05, 3.63) is 22.4 Å². The summed E-state index contributed by atoms with van der Waals surface area (Å²) in [6, 6.07) is 3.21. The first-order valence-corrected chi connectivity index (χ1v) is 6.92. The molecule has 0 saturated heterocycles. The maximum absolute atomic E-state index is 14.1. The zero-order chi connectivity index (χ0) is 14.1. The molecule has 0 atom stereocenters. The summed E-state index contributed by atoms with van der Waals surface area (Å²) in [5.74, 6) is -0.348. The van der Waals surface area contributed by atoms with E-state index < -0.39 is 5.82 Å². The van der Waals surface area contributed by atoms with Crippen LogP contribution >= 0.6 is 15.9 Å². The normalized spacial score (nSPS) is 10.5. The summed E-state index contributed by atoms with van der Waals surface area (Å²) in [5, 5.41) is 8.55. The molecule has 0 spiro atoms. The van der Waals surface area contributed by atoms with E-state index in [-0.39, 0.29) is 31.5 Å². The minimum atomic E-state index is -0.557. The molecule has 0 aliphatic rings. The van der Waals surface area contributed by atoms with Crippen LogP contribution in [0.1, 0.15) is 19.8 Å². The van der Waals surface area contributed by atoms with E-state index in [1.807, 2.05) is 6.92 Å². The lowest BCUT2D eigenvalue weighted by atomic mass is 10.3. The topological polar surface area (TPSA) is 47.9 Å². The van der Waals surface area contributed by atoms with Gasteiger partial charge in [0.15, 0.2) is 18.3 Å². The molecular formula is C13H18BrFO4. The molecule has 0 amide bonds. The van der Waals surface area contributed by atoms with E-state index in [0.717, 1.165) is 12.8 Å². The summed E-state index contributed by atoms with van der Waals surface area (Å²) in [6.45, 7) is 2.41. The smallest absolute Gasteiger partial charge is 0.208 e. The molecule has 1 N–H and O–H groups in total. The highest BCUT2D eigenvalue weighted by atomic mass is 79.9. The zero-order valence-corrected chi connectivity index (χ0v) is 12.4. The van der Waals surface area contributed by atoms with Crippen LogP contribution in [0, 0.1) is 5.82 Å². The highest BCUT2D eigenvalue weighted by Crippen LogP contribution is 2.34. The Hall–Kier alpha value is -0.850. The second-order valence-corrected chi connectivity index (χ2v) is 4.64. The fourth-order valence-electron chi connectivity index (χ4n) is 1.31. The Labute approximate surface area is 120 Å². The molecule has 0 fully saturated rings. The Balaban J connectivity index is 2.65. The summed E-state index contributed by atoms with van der Waals surface area (Å²) in [4.78, 5) is 0. The van der Waals surface area contributed by atoms with Crippen LogP contribution in [-0.4, -0.2) is 31.7 Å². The van der Waals surface area contributed by atoms with Gasteiger partial charge in [0.25, 0.3) is 0 Å². The van der Waals surface area contributed by atoms with Crippen molar-refractivity contribution in [3.8, 4) is 11.5 Å². The Kier molecular flexibility index (Phi) is 7.78. The first kappa shape index (κ1) is 16.2. The molecule has 4 nitrogen and oxygen atoms in total. The quantitative estimate of drug-likeness (QED) is 0.556. The number of halogens is 2. The number of aliphatic hydroxyl groups is 1. The van der Waals surface area contributed by atoms with Gasteiger partial charge in [-0.2, -0.15) is 4.39 Å². The molecule has 0 radical (unpaired) electrons. The lowest BCUT2D eigenvalue weighted by Gasteiger charge is -2.13. The highest BCUT2D eigenvalue weighted by molar-refractivity contribution is 9.10. The molecule has 0 bridgehead atoms. The Morgan fingerprint density at radius 1 is 1.26 bits per heavy atom. The van der Waals surface area contributed by atoms with Crippen LogP contribution in [-0.2, 0) is 4.74 Å². The van der Waals surface area contributed by atoms with E-state index in [4.69, 9.17) is 19.3 Å². The van der Waals surface area contributed by atoms with Crippen LogP contribution in [0.3, 0.4) is 0 Å². The van der Waals surface area contributed by atoms with Gasteiger partial charge in [-0.1, -0.05) is 13.3 Å². The van der Waals surface area contributed by atoms with Crippen molar-refractivity contribution in [2.75, 3.05) is 26.6 Å². The molecule has 1 aromatic rings. The van der Waals surface area contributed by atoms with Crippen LogP contribution < -0.4 is 9.47 Å². The lowest BCUT2D eigenvalue weighted by molar-refractivity contribution is -0.00341. The number of rotatable bonds is 9. The summed E-state index contributed by atoms with van der Waals surface area (Å²) in [6.07, 6.45) is 1.85. The number of ether oxygens (including phenoxy) is 3. The second-order valence-electron chi connectivity index (χ2n) is 3.78. The van der Waals surface area contributed by atoms with Crippen LogP contribution in [0.5, 0.6) is 11.5 Å². The van der Waals surface area contributed by atoms with E-state index in [1.165, 1.54) is 0 Å². The summed E-state index contributed by atoms with van der Waals surface area (Å²) >= 11 is 3.21. The van der Waals surface area contributed by atoms with Gasteiger partial charge in [-0.3, -0.25) is 0 Å². The number of benzene rings is 1. The highest BCUT2D eigenvalue weighted by Gasteiger charge is 2.14. The largest absolute Gasteiger partial charge is 0.490 e. The van der Waals surface area contributed by atoms with Gasteiger partial charge in [0.05, 0.1) is 24.3 Å². The SMILES string of the molecule is CCCCOc1ccc(Br)c(OCOCCO)c1F. The zero-order valence-electron chi connectivity index (χ0n) is 10.8. The van der Waals surface area contributed by atoms with Gasteiger partial charge >= 0.3 is 0 Å². The molecule has 0 aliphatic carbocycles. The molecule has 1 rings (SSSR count). The van der Waals surface area contributed by atoms with Crippen molar-refractivity contribution in [1.82, 2.24) is 0 Å². The van der Waals surface area contributed by atoms with Crippen molar-refractivity contribution < 1.29 is 23.7 Å². The fraction of sp³-hybridized carbons (Fsp3) is 0.538. The standard InChI is InChI=1S/C13H18BrFO4/c1-2-3-7-18-11-5-4-10(14)13(12(11)15)19-9-17-8-6-16/h4-5,16H,2-3,6-9H2,1H3.